The van der Waals surface area contributed by atoms with E-state index >= 15 is 0 Å². The molecule has 0 aliphatic rings. The maximum absolute atomic E-state index is 11.4. The Morgan fingerprint density at radius 3 is 1.43 bits per heavy atom. The lowest BCUT2D eigenvalue weighted by Gasteiger charge is -2.07. The second-order valence-electron chi connectivity index (χ2n) is 5.67. The van der Waals surface area contributed by atoms with Crippen molar-refractivity contribution in [1.29, 1.82) is 0 Å². The van der Waals surface area contributed by atoms with E-state index in [1.807, 2.05) is 0 Å². The van der Waals surface area contributed by atoms with Crippen molar-refractivity contribution < 1.29 is 23.8 Å². The largest absolute Gasteiger partial charge is 0.463 e. The van der Waals surface area contributed by atoms with Crippen molar-refractivity contribution >= 4 is 11.9 Å². The Morgan fingerprint density at radius 1 is 0.609 bits per heavy atom. The van der Waals surface area contributed by atoms with Crippen molar-refractivity contribution in [2.75, 3.05) is 26.4 Å². The van der Waals surface area contributed by atoms with Gasteiger partial charge in [-0.05, 0) is 12.8 Å². The van der Waals surface area contributed by atoms with E-state index < -0.39 is 0 Å². The first-order valence-electron chi connectivity index (χ1n) is 9.09. The fraction of sp³-hybridized carbons (Fsp3) is 0.889. The molecule has 0 aliphatic carbocycles. The van der Waals surface area contributed by atoms with Crippen LogP contribution in [0.5, 0.6) is 0 Å². The van der Waals surface area contributed by atoms with Crippen LogP contribution in [0, 0.1) is 0 Å². The molecule has 0 aromatic heterocycles. The minimum atomic E-state index is -0.164. The number of unbranched alkanes of at least 4 members (excludes halogenated alkanes) is 6. The summed E-state index contributed by atoms with van der Waals surface area (Å²) in [6.45, 7) is 5.48. The lowest BCUT2D eigenvalue weighted by Crippen LogP contribution is -2.14. The van der Waals surface area contributed by atoms with Crippen LogP contribution in [-0.4, -0.2) is 38.4 Å². The van der Waals surface area contributed by atoms with Crippen LogP contribution in [0.1, 0.15) is 78.1 Å². The van der Waals surface area contributed by atoms with Crippen LogP contribution >= 0.6 is 0 Å². The third-order valence-electron chi connectivity index (χ3n) is 3.45. The lowest BCUT2D eigenvalue weighted by molar-refractivity contribution is -0.146. The van der Waals surface area contributed by atoms with Crippen LogP contribution in [-0.2, 0) is 23.8 Å². The monoisotopic (exact) mass is 330 g/mol. The van der Waals surface area contributed by atoms with Gasteiger partial charge in [0.1, 0.15) is 13.2 Å². The Bertz CT molecular complexity index is 263. The molecule has 23 heavy (non-hydrogen) atoms. The third kappa shape index (κ3) is 17.1. The molecule has 0 spiro atoms. The molecule has 0 amide bonds. The molecule has 0 saturated carbocycles. The van der Waals surface area contributed by atoms with Crippen LogP contribution in [0.2, 0.25) is 0 Å². The van der Waals surface area contributed by atoms with Gasteiger partial charge in [0.2, 0.25) is 0 Å². The average Bonchev–Trinajstić information content (AvgIpc) is 2.54. The van der Waals surface area contributed by atoms with Gasteiger partial charge >= 0.3 is 11.9 Å². The predicted octanol–water partition coefficient (Wildman–Crippen LogP) is 4.03. The molecule has 0 rings (SSSR count). The van der Waals surface area contributed by atoms with Gasteiger partial charge in [-0.15, -0.1) is 0 Å². The molecule has 0 unspecified atom stereocenters. The van der Waals surface area contributed by atoms with E-state index in [4.69, 9.17) is 14.2 Å². The highest BCUT2D eigenvalue weighted by Gasteiger charge is 2.03. The van der Waals surface area contributed by atoms with Crippen LogP contribution in [0.25, 0.3) is 0 Å². The van der Waals surface area contributed by atoms with E-state index in [1.54, 1.807) is 0 Å². The molecule has 0 aliphatic heterocycles. The summed E-state index contributed by atoms with van der Waals surface area (Å²) in [5, 5.41) is 0. The van der Waals surface area contributed by atoms with E-state index in [9.17, 15) is 9.59 Å². The molecule has 5 nitrogen and oxygen atoms in total. The Labute approximate surface area is 141 Å². The first-order chi connectivity index (χ1) is 11.2. The van der Waals surface area contributed by atoms with E-state index in [0.29, 0.717) is 26.1 Å². The molecule has 0 fully saturated rings. The third-order valence-corrected chi connectivity index (χ3v) is 3.45. The summed E-state index contributed by atoms with van der Waals surface area (Å²) in [6, 6.07) is 0. The minimum Gasteiger partial charge on any atom is -0.463 e. The Balaban J connectivity index is 3.26. The van der Waals surface area contributed by atoms with Gasteiger partial charge in [0.25, 0.3) is 0 Å². The van der Waals surface area contributed by atoms with E-state index in [2.05, 4.69) is 13.8 Å². The fourth-order valence-corrected chi connectivity index (χ4v) is 2.07. The summed E-state index contributed by atoms with van der Waals surface area (Å²) in [4.78, 5) is 22.8. The standard InChI is InChI=1S/C18H34O5/c1-3-5-7-9-11-17(19)22-15-13-21-14-16-23-18(20)12-10-8-6-4-2/h3-16H2,1-2H3. The number of ether oxygens (including phenoxy) is 3. The van der Waals surface area contributed by atoms with E-state index in [-0.39, 0.29) is 25.2 Å². The number of hydrogen-bond donors (Lipinski definition) is 0. The highest BCUT2D eigenvalue weighted by atomic mass is 16.6. The molecule has 0 atom stereocenters. The van der Waals surface area contributed by atoms with Crippen molar-refractivity contribution in [3.05, 3.63) is 0 Å². The zero-order valence-electron chi connectivity index (χ0n) is 14.9. The molecule has 0 radical (unpaired) electrons. The zero-order valence-corrected chi connectivity index (χ0v) is 14.9. The van der Waals surface area contributed by atoms with Crippen molar-refractivity contribution in [3.8, 4) is 0 Å². The predicted molar refractivity (Wildman–Crippen MR) is 90.3 cm³/mol. The smallest absolute Gasteiger partial charge is 0.305 e. The van der Waals surface area contributed by atoms with Gasteiger partial charge in [0.05, 0.1) is 13.2 Å². The molecule has 0 bridgehead atoms. The minimum absolute atomic E-state index is 0.164. The summed E-state index contributed by atoms with van der Waals surface area (Å²) < 4.78 is 15.4. The highest BCUT2D eigenvalue weighted by Crippen LogP contribution is 2.04. The molecular formula is C18H34O5. The van der Waals surface area contributed by atoms with Crippen molar-refractivity contribution in [2.24, 2.45) is 0 Å². The van der Waals surface area contributed by atoms with Crippen LogP contribution < -0.4 is 0 Å². The van der Waals surface area contributed by atoms with Gasteiger partial charge in [-0.2, -0.15) is 0 Å². The molecule has 0 saturated heterocycles. The van der Waals surface area contributed by atoms with Gasteiger partial charge in [0.15, 0.2) is 0 Å². The Hall–Kier alpha value is -1.10. The van der Waals surface area contributed by atoms with Crippen LogP contribution in [0.3, 0.4) is 0 Å². The van der Waals surface area contributed by atoms with Gasteiger partial charge in [-0.25, -0.2) is 0 Å². The molecule has 136 valence electrons. The first-order valence-corrected chi connectivity index (χ1v) is 9.09. The Kier molecular flexibility index (Phi) is 16.4. The van der Waals surface area contributed by atoms with Gasteiger partial charge in [-0.1, -0.05) is 52.4 Å². The maximum Gasteiger partial charge on any atom is 0.305 e. The van der Waals surface area contributed by atoms with Crippen molar-refractivity contribution in [3.63, 3.8) is 0 Å². The molecular weight excluding hydrogens is 296 g/mol. The molecule has 5 heteroatoms. The second-order valence-corrected chi connectivity index (χ2v) is 5.67. The number of carbonyl (C=O) groups excluding carboxylic acids is 2. The van der Waals surface area contributed by atoms with Crippen LogP contribution in [0.4, 0.5) is 0 Å². The average molecular weight is 330 g/mol. The molecule has 0 N–H and O–H groups in total. The lowest BCUT2D eigenvalue weighted by atomic mass is 10.2. The summed E-state index contributed by atoms with van der Waals surface area (Å²) >= 11 is 0. The normalized spacial score (nSPS) is 10.5. The maximum atomic E-state index is 11.4. The summed E-state index contributed by atoms with van der Waals surface area (Å²) in [5.74, 6) is -0.327. The number of esters is 2. The number of carbonyl (C=O) groups is 2. The summed E-state index contributed by atoms with van der Waals surface area (Å²) in [7, 11) is 0. The zero-order chi connectivity index (χ0) is 17.2. The highest BCUT2D eigenvalue weighted by molar-refractivity contribution is 5.69. The van der Waals surface area contributed by atoms with Gasteiger partial charge < -0.3 is 14.2 Å². The fourth-order valence-electron chi connectivity index (χ4n) is 2.07. The first kappa shape index (κ1) is 21.9. The van der Waals surface area contributed by atoms with Gasteiger partial charge in [-0.3, -0.25) is 9.59 Å². The molecule has 0 heterocycles. The second kappa shape index (κ2) is 17.3. The Morgan fingerprint density at radius 2 is 1.04 bits per heavy atom. The van der Waals surface area contributed by atoms with Gasteiger partial charge in [0, 0.05) is 12.8 Å². The van der Waals surface area contributed by atoms with Crippen molar-refractivity contribution in [2.45, 2.75) is 78.1 Å². The van der Waals surface area contributed by atoms with Crippen LogP contribution in [0.15, 0.2) is 0 Å². The topological polar surface area (TPSA) is 61.8 Å². The summed E-state index contributed by atoms with van der Waals surface area (Å²) in [6.07, 6.45) is 9.53. The van der Waals surface area contributed by atoms with Crippen molar-refractivity contribution in [1.82, 2.24) is 0 Å². The molecule has 0 aromatic rings. The molecule has 0 aromatic carbocycles. The number of rotatable bonds is 16. The van der Waals surface area contributed by atoms with E-state index in [0.717, 1.165) is 51.4 Å². The summed E-state index contributed by atoms with van der Waals surface area (Å²) in [5.41, 5.74) is 0. The number of hydrogen-bond acceptors (Lipinski definition) is 5. The quantitative estimate of drug-likeness (QED) is 0.316. The SMILES string of the molecule is CCCCCCC(=O)OCCOCCOC(=O)CCCCCC. The van der Waals surface area contributed by atoms with E-state index in [1.165, 1.54) is 0 Å².